The third kappa shape index (κ3) is 6.35. The molecule has 3 saturated heterocycles. The van der Waals surface area contributed by atoms with E-state index in [1.807, 2.05) is 42.5 Å². The molecule has 8 atom stereocenters. The number of likely N-dealkylation sites (tertiary alicyclic amines) is 1. The summed E-state index contributed by atoms with van der Waals surface area (Å²) < 4.78 is 14.4. The van der Waals surface area contributed by atoms with Crippen molar-refractivity contribution in [3.8, 4) is 0 Å². The fraction of sp³-hybridized carbons (Fsp3) is 0.444. The van der Waals surface area contributed by atoms with E-state index in [4.69, 9.17) is 9.47 Å². The van der Waals surface area contributed by atoms with Crippen molar-refractivity contribution in [3.63, 3.8) is 0 Å². The molecule has 2 aromatic carbocycles. The lowest BCUT2D eigenvalue weighted by molar-refractivity contribution is -0.161. The quantitative estimate of drug-likeness (QED) is 0.136. The van der Waals surface area contributed by atoms with E-state index in [0.717, 1.165) is 5.52 Å². The number of para-hydroxylation sites is 1. The van der Waals surface area contributed by atoms with Crippen LogP contribution >= 0.6 is 15.9 Å². The minimum atomic E-state index is -1.38. The van der Waals surface area contributed by atoms with Crippen LogP contribution in [0.4, 0.5) is 0 Å². The number of hydrogen-bond donors (Lipinski definition) is 2. The monoisotopic (exact) mass is 748 g/mol. The second-order valence-corrected chi connectivity index (χ2v) is 14.2. The number of alkyl halides is 1. The summed E-state index contributed by atoms with van der Waals surface area (Å²) in [7, 11) is 0. The van der Waals surface area contributed by atoms with Crippen LogP contribution in [0.5, 0.6) is 0 Å². The first-order valence-corrected chi connectivity index (χ1v) is 17.6. The number of aromatic nitrogens is 3. The standard InChI is InChI=1S/C36H41BrN6O7/c1-4-6-16-28(45)38-19-27(23-12-8-7-9-13-23)49-35(48)29-30-33(46)43(22(3)20-44)32(36(30)18-24(37)31(29)50-36)34(47)41(17-5-2)21-42-26-15-11-10-14-25(26)39-40-42/h4-5,7-15,22,24,27,29-32,44H,1-2,6,16-21H2,3H3,(H,38,45)/t22-,24?,27-,29-,30+,31-,32-,36+/m1/s1. The van der Waals surface area contributed by atoms with Crippen LogP contribution in [0.2, 0.25) is 0 Å². The Morgan fingerprint density at radius 1 is 1.18 bits per heavy atom. The molecule has 3 amide bonds. The van der Waals surface area contributed by atoms with Gasteiger partial charge in [-0.3, -0.25) is 19.2 Å². The van der Waals surface area contributed by atoms with E-state index in [9.17, 15) is 24.3 Å². The summed E-state index contributed by atoms with van der Waals surface area (Å²) in [5, 5.41) is 21.6. The average Bonchev–Trinajstić information content (AvgIpc) is 3.85. The van der Waals surface area contributed by atoms with E-state index in [0.29, 0.717) is 17.5 Å². The molecular formula is C36H41BrN6O7. The van der Waals surface area contributed by atoms with E-state index in [1.165, 1.54) is 9.80 Å². The Kier molecular flexibility index (Phi) is 10.5. The van der Waals surface area contributed by atoms with Gasteiger partial charge in [-0.25, -0.2) is 4.68 Å². The normalized spacial score (nSPS) is 26.3. The predicted octanol–water partition coefficient (Wildman–Crippen LogP) is 2.90. The van der Waals surface area contributed by atoms with E-state index in [1.54, 1.807) is 35.9 Å². The van der Waals surface area contributed by atoms with Crippen molar-refractivity contribution < 1.29 is 33.8 Å². The van der Waals surface area contributed by atoms with Crippen molar-refractivity contribution in [1.29, 1.82) is 0 Å². The Morgan fingerprint density at radius 2 is 1.92 bits per heavy atom. The van der Waals surface area contributed by atoms with Gasteiger partial charge in [0.15, 0.2) is 0 Å². The zero-order valence-corrected chi connectivity index (χ0v) is 29.4. The number of nitrogens with one attached hydrogen (secondary N) is 1. The Labute approximate surface area is 298 Å². The van der Waals surface area contributed by atoms with Gasteiger partial charge in [-0.15, -0.1) is 18.3 Å². The van der Waals surface area contributed by atoms with Crippen molar-refractivity contribution in [3.05, 3.63) is 85.5 Å². The largest absolute Gasteiger partial charge is 0.455 e. The number of hydrogen-bond acceptors (Lipinski definition) is 9. The lowest BCUT2D eigenvalue weighted by atomic mass is 9.70. The molecule has 3 aromatic rings. The molecule has 0 saturated carbocycles. The molecule has 1 spiro atoms. The molecule has 3 aliphatic heterocycles. The van der Waals surface area contributed by atoms with Crippen LogP contribution in [0.15, 0.2) is 79.9 Å². The van der Waals surface area contributed by atoms with Crippen LogP contribution in [0, 0.1) is 11.8 Å². The van der Waals surface area contributed by atoms with Crippen LogP contribution in [-0.4, -0.2) is 102 Å². The summed E-state index contributed by atoms with van der Waals surface area (Å²) in [6, 6.07) is 14.5. The first kappa shape index (κ1) is 35.4. The number of carbonyl (C=O) groups is 4. The maximum absolute atomic E-state index is 14.8. The molecule has 50 heavy (non-hydrogen) atoms. The van der Waals surface area contributed by atoms with Gasteiger partial charge < -0.3 is 29.7 Å². The fourth-order valence-corrected chi connectivity index (χ4v) is 8.49. The molecule has 13 nitrogen and oxygen atoms in total. The number of nitrogens with zero attached hydrogens (tertiary/aromatic N) is 5. The molecule has 0 radical (unpaired) electrons. The van der Waals surface area contributed by atoms with E-state index in [2.05, 4.69) is 44.7 Å². The molecule has 3 aliphatic rings. The van der Waals surface area contributed by atoms with Gasteiger partial charge in [0.05, 0.1) is 42.6 Å². The van der Waals surface area contributed by atoms with Crippen LogP contribution in [0.1, 0.15) is 37.9 Å². The molecule has 2 bridgehead atoms. The van der Waals surface area contributed by atoms with Crippen molar-refractivity contribution in [2.24, 2.45) is 11.8 Å². The number of amides is 3. The minimum absolute atomic E-state index is 0.0159. The number of carbonyl (C=O) groups excluding carboxylic acids is 4. The zero-order valence-electron chi connectivity index (χ0n) is 27.8. The fourth-order valence-electron chi connectivity index (χ4n) is 7.55. The van der Waals surface area contributed by atoms with Crippen molar-refractivity contribution in [1.82, 2.24) is 30.1 Å². The van der Waals surface area contributed by atoms with Gasteiger partial charge in [-0.05, 0) is 37.5 Å². The number of aliphatic hydroxyl groups is 1. The predicted molar refractivity (Wildman–Crippen MR) is 186 cm³/mol. The maximum atomic E-state index is 14.8. The second-order valence-electron chi connectivity index (χ2n) is 13.0. The van der Waals surface area contributed by atoms with Crippen LogP contribution in [-0.2, 0) is 35.3 Å². The summed E-state index contributed by atoms with van der Waals surface area (Å²) in [6.45, 7) is 8.92. The number of rotatable bonds is 15. The third-order valence-corrected chi connectivity index (χ3v) is 10.7. The molecule has 3 fully saturated rings. The first-order valence-electron chi connectivity index (χ1n) is 16.7. The Hall–Kier alpha value is -4.40. The highest BCUT2D eigenvalue weighted by Crippen LogP contribution is 2.61. The maximum Gasteiger partial charge on any atom is 0.313 e. The number of fused-ring (bicyclic) bond motifs is 2. The first-order chi connectivity index (χ1) is 24.1. The topological polar surface area (TPSA) is 156 Å². The molecule has 2 N–H and O–H groups in total. The average molecular weight is 750 g/mol. The Balaban J connectivity index is 1.31. The summed E-state index contributed by atoms with van der Waals surface area (Å²) >= 11 is 3.69. The van der Waals surface area contributed by atoms with E-state index >= 15 is 0 Å². The molecule has 14 heteroatoms. The van der Waals surface area contributed by atoms with Crippen LogP contribution < -0.4 is 5.32 Å². The van der Waals surface area contributed by atoms with Gasteiger partial charge in [0.2, 0.25) is 17.7 Å². The van der Waals surface area contributed by atoms with Crippen molar-refractivity contribution in [2.45, 2.75) is 67.6 Å². The smallest absolute Gasteiger partial charge is 0.313 e. The van der Waals surface area contributed by atoms with Gasteiger partial charge in [-0.2, -0.15) is 0 Å². The number of aliphatic hydroxyl groups excluding tert-OH is 1. The van der Waals surface area contributed by atoms with Gasteiger partial charge >= 0.3 is 5.97 Å². The molecule has 264 valence electrons. The van der Waals surface area contributed by atoms with Gasteiger partial charge in [0.25, 0.3) is 0 Å². The highest BCUT2D eigenvalue weighted by molar-refractivity contribution is 9.09. The Bertz CT molecular complexity index is 1770. The molecule has 6 rings (SSSR count). The highest BCUT2D eigenvalue weighted by Gasteiger charge is 2.77. The van der Waals surface area contributed by atoms with E-state index < -0.39 is 66.1 Å². The number of halogens is 1. The summed E-state index contributed by atoms with van der Waals surface area (Å²) in [5.74, 6) is -3.88. The highest BCUT2D eigenvalue weighted by atomic mass is 79.9. The summed E-state index contributed by atoms with van der Waals surface area (Å²) in [6.07, 6.45) is 2.66. The van der Waals surface area contributed by atoms with Crippen LogP contribution in [0.25, 0.3) is 11.0 Å². The lowest BCUT2D eigenvalue weighted by Gasteiger charge is -2.38. The molecule has 1 unspecified atom stereocenters. The summed E-state index contributed by atoms with van der Waals surface area (Å²) in [4.78, 5) is 58.5. The Morgan fingerprint density at radius 3 is 2.64 bits per heavy atom. The third-order valence-electron chi connectivity index (χ3n) is 9.85. The SMILES string of the molecule is C=CCCC(=O)NC[C@@H](OC(=O)[C@H]1[C@@H]2O[C@@]3(CC2Br)[C@@H]1C(=O)N([C@H](C)CO)[C@@H]3C(=O)N(CC=C)Cn1nnc2ccccc21)c1ccccc1. The second kappa shape index (κ2) is 14.8. The lowest BCUT2D eigenvalue weighted by Crippen LogP contribution is -2.58. The van der Waals surface area contributed by atoms with Crippen molar-refractivity contribution in [2.75, 3.05) is 19.7 Å². The number of allylic oxidation sites excluding steroid dienone is 1. The molecule has 0 aliphatic carbocycles. The van der Waals surface area contributed by atoms with E-state index in [-0.39, 0.29) is 43.3 Å². The van der Waals surface area contributed by atoms with Gasteiger partial charge in [0, 0.05) is 17.8 Å². The van der Waals surface area contributed by atoms with Gasteiger partial charge in [0.1, 0.15) is 29.9 Å². The number of esters is 1. The minimum Gasteiger partial charge on any atom is -0.455 e. The van der Waals surface area contributed by atoms with Crippen molar-refractivity contribution >= 4 is 50.7 Å². The van der Waals surface area contributed by atoms with Crippen LogP contribution in [0.3, 0.4) is 0 Å². The number of ether oxygens (including phenoxy) is 2. The molecule has 4 heterocycles. The summed E-state index contributed by atoms with van der Waals surface area (Å²) in [5.41, 5.74) is 0.668. The number of benzene rings is 2. The molecular weight excluding hydrogens is 708 g/mol. The van der Waals surface area contributed by atoms with Gasteiger partial charge in [-0.1, -0.05) is 75.8 Å². The zero-order chi connectivity index (χ0) is 35.6. The molecule has 1 aromatic heterocycles.